The van der Waals surface area contributed by atoms with Gasteiger partial charge in [-0.25, -0.2) is 9.59 Å². The number of nitrogens with zero attached hydrogens (tertiary/aromatic N) is 1. The lowest BCUT2D eigenvalue weighted by Gasteiger charge is -2.30. The second-order valence-corrected chi connectivity index (χ2v) is 5.45. The number of amides is 2. The van der Waals surface area contributed by atoms with Gasteiger partial charge in [0, 0.05) is 12.6 Å². The summed E-state index contributed by atoms with van der Waals surface area (Å²) in [5.74, 6) is -0.888. The summed E-state index contributed by atoms with van der Waals surface area (Å²) in [4.78, 5) is 25.4. The summed E-state index contributed by atoms with van der Waals surface area (Å²) in [5.41, 5.74) is -1.02. The van der Waals surface area contributed by atoms with Gasteiger partial charge in [-0.1, -0.05) is 19.8 Å². The molecule has 0 aromatic heterocycles. The van der Waals surface area contributed by atoms with Crippen molar-refractivity contribution in [2.75, 3.05) is 6.54 Å². The largest absolute Gasteiger partial charge is 0.480 e. The third kappa shape index (κ3) is 2.60. The Kier molecular flexibility index (Phi) is 3.78. The summed E-state index contributed by atoms with van der Waals surface area (Å²) in [6, 6.07) is 0.140. The van der Waals surface area contributed by atoms with Crippen LogP contribution < -0.4 is 5.32 Å². The van der Waals surface area contributed by atoms with E-state index in [9.17, 15) is 14.7 Å². The zero-order chi connectivity index (χ0) is 13.2. The van der Waals surface area contributed by atoms with E-state index in [4.69, 9.17) is 0 Å². The zero-order valence-corrected chi connectivity index (χ0v) is 10.9. The Morgan fingerprint density at radius 2 is 1.94 bits per heavy atom. The predicted octanol–water partition coefficient (Wildman–Crippen LogP) is 1.97. The molecule has 2 fully saturated rings. The number of carbonyl (C=O) groups is 2. The Morgan fingerprint density at radius 1 is 1.33 bits per heavy atom. The van der Waals surface area contributed by atoms with Crippen molar-refractivity contribution in [3.05, 3.63) is 0 Å². The van der Waals surface area contributed by atoms with Crippen molar-refractivity contribution in [3.63, 3.8) is 0 Å². The van der Waals surface area contributed by atoms with Gasteiger partial charge < -0.3 is 15.3 Å². The Morgan fingerprint density at radius 3 is 2.39 bits per heavy atom. The molecule has 102 valence electrons. The first-order valence-corrected chi connectivity index (χ1v) is 6.91. The first-order chi connectivity index (χ1) is 8.59. The van der Waals surface area contributed by atoms with Crippen LogP contribution in [-0.2, 0) is 4.79 Å². The molecule has 0 saturated heterocycles. The highest BCUT2D eigenvalue weighted by Crippen LogP contribution is 2.32. The number of hydrogen-bond donors (Lipinski definition) is 2. The van der Waals surface area contributed by atoms with Gasteiger partial charge in [-0.15, -0.1) is 0 Å². The molecule has 2 amide bonds. The van der Waals surface area contributed by atoms with Gasteiger partial charge in [0.15, 0.2) is 0 Å². The van der Waals surface area contributed by atoms with Crippen LogP contribution in [0.4, 0.5) is 4.79 Å². The fourth-order valence-corrected chi connectivity index (χ4v) is 2.72. The minimum Gasteiger partial charge on any atom is -0.480 e. The first kappa shape index (κ1) is 13.2. The Hall–Kier alpha value is -1.26. The van der Waals surface area contributed by atoms with Crippen LogP contribution >= 0.6 is 0 Å². The summed E-state index contributed by atoms with van der Waals surface area (Å²) in [6.07, 6.45) is 5.87. The molecule has 2 N–H and O–H groups in total. The zero-order valence-electron chi connectivity index (χ0n) is 10.9. The highest BCUT2D eigenvalue weighted by Gasteiger charge is 2.44. The maximum atomic E-state index is 12.2. The van der Waals surface area contributed by atoms with Crippen LogP contribution in [0.1, 0.15) is 51.9 Å². The van der Waals surface area contributed by atoms with Gasteiger partial charge in [0.1, 0.15) is 5.54 Å². The molecule has 0 radical (unpaired) electrons. The quantitative estimate of drug-likeness (QED) is 0.788. The van der Waals surface area contributed by atoms with Gasteiger partial charge >= 0.3 is 12.0 Å². The van der Waals surface area contributed by atoms with Crippen molar-refractivity contribution >= 4 is 12.0 Å². The fourth-order valence-electron chi connectivity index (χ4n) is 2.72. The fraction of sp³-hybridized carbons (Fsp3) is 0.846. The Balaban J connectivity index is 2.01. The van der Waals surface area contributed by atoms with Crippen LogP contribution in [-0.4, -0.2) is 40.1 Å². The lowest BCUT2D eigenvalue weighted by atomic mass is 9.98. The smallest absolute Gasteiger partial charge is 0.329 e. The maximum Gasteiger partial charge on any atom is 0.329 e. The normalized spacial score (nSPS) is 21.6. The average molecular weight is 254 g/mol. The van der Waals surface area contributed by atoms with Crippen LogP contribution in [0, 0.1) is 0 Å². The summed E-state index contributed by atoms with van der Waals surface area (Å²) in [7, 11) is 0. The number of carboxylic acid groups (broad SMARTS) is 1. The molecule has 0 bridgehead atoms. The van der Waals surface area contributed by atoms with Crippen LogP contribution in [0.25, 0.3) is 0 Å². The molecule has 18 heavy (non-hydrogen) atoms. The van der Waals surface area contributed by atoms with E-state index in [1.54, 1.807) is 0 Å². The molecule has 5 heteroatoms. The standard InChI is InChI=1S/C13H22N2O3/c1-2-9-15(10-5-6-10)12(18)14-13(11(16)17)7-3-4-8-13/h10H,2-9H2,1H3,(H,14,18)(H,16,17). The van der Waals surface area contributed by atoms with Gasteiger partial charge in [0.2, 0.25) is 0 Å². The van der Waals surface area contributed by atoms with E-state index >= 15 is 0 Å². The average Bonchev–Trinajstić information content (AvgIpc) is 3.05. The molecule has 2 rings (SSSR count). The van der Waals surface area contributed by atoms with E-state index in [1.165, 1.54) is 0 Å². The van der Waals surface area contributed by atoms with Gasteiger partial charge in [-0.3, -0.25) is 0 Å². The van der Waals surface area contributed by atoms with E-state index in [0.29, 0.717) is 25.4 Å². The molecule has 2 saturated carbocycles. The van der Waals surface area contributed by atoms with Crippen molar-refractivity contribution in [2.45, 2.75) is 63.5 Å². The Bertz CT molecular complexity index is 333. The minimum absolute atomic E-state index is 0.191. The molecule has 2 aliphatic carbocycles. The van der Waals surface area contributed by atoms with Crippen molar-refractivity contribution in [2.24, 2.45) is 0 Å². The maximum absolute atomic E-state index is 12.2. The number of aliphatic carboxylic acids is 1. The van der Waals surface area contributed by atoms with Gasteiger partial charge in [0.25, 0.3) is 0 Å². The predicted molar refractivity (Wildman–Crippen MR) is 67.4 cm³/mol. The molecule has 5 nitrogen and oxygen atoms in total. The number of urea groups is 1. The van der Waals surface area contributed by atoms with Gasteiger partial charge in [-0.05, 0) is 32.1 Å². The number of carboxylic acids is 1. The van der Waals surface area contributed by atoms with E-state index in [-0.39, 0.29) is 6.03 Å². The van der Waals surface area contributed by atoms with Crippen molar-refractivity contribution < 1.29 is 14.7 Å². The van der Waals surface area contributed by atoms with Crippen molar-refractivity contribution in [1.82, 2.24) is 10.2 Å². The van der Waals surface area contributed by atoms with E-state index in [0.717, 1.165) is 32.1 Å². The van der Waals surface area contributed by atoms with Crippen LogP contribution in [0.15, 0.2) is 0 Å². The summed E-state index contributed by atoms with van der Waals surface area (Å²) in [5, 5.41) is 12.1. The molecule has 0 heterocycles. The third-order valence-electron chi connectivity index (χ3n) is 3.93. The highest BCUT2D eigenvalue weighted by atomic mass is 16.4. The second-order valence-electron chi connectivity index (χ2n) is 5.45. The molecule has 2 aliphatic rings. The molecule has 0 aliphatic heterocycles. The molecule has 0 spiro atoms. The molecular formula is C13H22N2O3. The molecule has 0 aromatic carbocycles. The van der Waals surface area contributed by atoms with Crippen LogP contribution in [0.3, 0.4) is 0 Å². The van der Waals surface area contributed by atoms with Crippen molar-refractivity contribution in [1.29, 1.82) is 0 Å². The number of nitrogens with one attached hydrogen (secondary N) is 1. The molecule has 0 aromatic rings. The number of carbonyl (C=O) groups excluding carboxylic acids is 1. The SMILES string of the molecule is CCCN(C(=O)NC1(C(=O)O)CCCC1)C1CC1. The van der Waals surface area contributed by atoms with E-state index in [1.807, 2.05) is 11.8 Å². The Labute approximate surface area is 108 Å². The van der Waals surface area contributed by atoms with Crippen LogP contribution in [0.2, 0.25) is 0 Å². The number of rotatable bonds is 5. The van der Waals surface area contributed by atoms with Crippen LogP contribution in [0.5, 0.6) is 0 Å². The second kappa shape index (κ2) is 5.16. The topological polar surface area (TPSA) is 69.6 Å². The van der Waals surface area contributed by atoms with Crippen molar-refractivity contribution in [3.8, 4) is 0 Å². The summed E-state index contributed by atoms with van der Waals surface area (Å²) < 4.78 is 0. The van der Waals surface area contributed by atoms with E-state index in [2.05, 4.69) is 5.32 Å². The lowest BCUT2D eigenvalue weighted by molar-refractivity contribution is -0.144. The first-order valence-electron chi connectivity index (χ1n) is 6.91. The third-order valence-corrected chi connectivity index (χ3v) is 3.93. The highest BCUT2D eigenvalue weighted by molar-refractivity contribution is 5.86. The summed E-state index contributed by atoms with van der Waals surface area (Å²) >= 11 is 0. The molecule has 0 unspecified atom stereocenters. The molecule has 0 atom stereocenters. The van der Waals surface area contributed by atoms with E-state index < -0.39 is 11.5 Å². The monoisotopic (exact) mass is 254 g/mol. The van der Waals surface area contributed by atoms with Gasteiger partial charge in [-0.2, -0.15) is 0 Å². The summed E-state index contributed by atoms with van der Waals surface area (Å²) in [6.45, 7) is 2.75. The minimum atomic E-state index is -1.02. The number of hydrogen-bond acceptors (Lipinski definition) is 2. The lowest BCUT2D eigenvalue weighted by Crippen LogP contribution is -2.56. The molecular weight excluding hydrogens is 232 g/mol. The van der Waals surface area contributed by atoms with Gasteiger partial charge in [0.05, 0.1) is 0 Å².